The number of hydrogen-bond acceptors (Lipinski definition) is 5. The van der Waals surface area contributed by atoms with Gasteiger partial charge in [0, 0.05) is 43.3 Å². The third-order valence-corrected chi connectivity index (χ3v) is 5.45. The number of rotatable bonds is 6. The van der Waals surface area contributed by atoms with Crippen LogP contribution in [0.4, 0.5) is 19.3 Å². The summed E-state index contributed by atoms with van der Waals surface area (Å²) in [5, 5.41) is 12.7. The first-order valence-electron chi connectivity index (χ1n) is 10.0. The van der Waals surface area contributed by atoms with E-state index in [-0.39, 0.29) is 57.8 Å². The third kappa shape index (κ3) is 6.07. The van der Waals surface area contributed by atoms with E-state index in [1.807, 2.05) is 0 Å². The topological polar surface area (TPSA) is 110 Å². The molecule has 1 aliphatic rings. The molecule has 0 bridgehead atoms. The molecule has 1 unspecified atom stereocenters. The van der Waals surface area contributed by atoms with E-state index in [2.05, 4.69) is 5.32 Å². The summed E-state index contributed by atoms with van der Waals surface area (Å²) in [6.45, 7) is 1.06. The summed E-state index contributed by atoms with van der Waals surface area (Å²) >= 11 is 5.82. The maximum absolute atomic E-state index is 15.7. The van der Waals surface area contributed by atoms with E-state index in [1.54, 1.807) is 0 Å². The van der Waals surface area contributed by atoms with Crippen molar-refractivity contribution in [2.45, 2.75) is 19.4 Å². The molecule has 0 saturated heterocycles. The summed E-state index contributed by atoms with van der Waals surface area (Å²) in [6, 6.07) is 4.66. The maximum Gasteiger partial charge on any atom is 1.00 e. The normalized spacial score (nSPS) is 15.3. The van der Waals surface area contributed by atoms with Crippen LogP contribution in [0.2, 0.25) is 5.02 Å². The van der Waals surface area contributed by atoms with Gasteiger partial charge in [0.1, 0.15) is 5.82 Å². The van der Waals surface area contributed by atoms with Crippen molar-refractivity contribution < 1.29 is 62.6 Å². The van der Waals surface area contributed by atoms with Crippen molar-refractivity contribution in [2.24, 2.45) is 0 Å². The Morgan fingerprint density at radius 2 is 1.89 bits per heavy atom. The summed E-state index contributed by atoms with van der Waals surface area (Å²) in [4.78, 5) is 51.3. The number of likely N-dealkylation sites (N-methyl/N-ethyl adjacent to an activating group) is 1. The van der Waals surface area contributed by atoms with Gasteiger partial charge in [0.25, 0.3) is 5.91 Å². The molecule has 0 aliphatic carbocycles. The number of carboxylic acids is 1. The Bertz CT molecular complexity index is 1220. The number of carboxylic acid groups (broad SMARTS) is 1. The number of urea groups is 1. The number of nitrogens with one attached hydrogen (secondary N) is 1. The summed E-state index contributed by atoms with van der Waals surface area (Å²) in [6.07, 6.45) is 0.752. The van der Waals surface area contributed by atoms with Crippen molar-refractivity contribution in [2.75, 3.05) is 18.5 Å². The predicted molar refractivity (Wildman–Crippen MR) is 118 cm³/mol. The zero-order valence-electron chi connectivity index (χ0n) is 19.1. The van der Waals surface area contributed by atoms with Crippen LogP contribution >= 0.6 is 11.6 Å². The van der Waals surface area contributed by atoms with Gasteiger partial charge < -0.3 is 20.1 Å². The molecular formula is C23H19ClF2N3NaO5. The number of Topliss-reactive ketones (excluding diaryl/α,β-unsaturated/α-hetero) is 1. The Kier molecular flexibility index (Phi) is 9.56. The van der Waals surface area contributed by atoms with Crippen molar-refractivity contribution in [3.8, 4) is 11.1 Å². The van der Waals surface area contributed by atoms with Crippen molar-refractivity contribution in [3.05, 3.63) is 64.8 Å². The fourth-order valence-electron chi connectivity index (χ4n) is 3.48. The summed E-state index contributed by atoms with van der Waals surface area (Å²) in [7, 11) is 1.38. The molecule has 0 saturated carbocycles. The molecule has 2 aromatic carbocycles. The second kappa shape index (κ2) is 11.8. The van der Waals surface area contributed by atoms with Crippen LogP contribution in [-0.4, -0.2) is 48.2 Å². The van der Waals surface area contributed by atoms with Gasteiger partial charge in [-0.3, -0.25) is 14.5 Å². The van der Waals surface area contributed by atoms with E-state index in [0.717, 1.165) is 11.0 Å². The first kappa shape index (κ1) is 28.4. The number of amides is 3. The van der Waals surface area contributed by atoms with Crippen molar-refractivity contribution in [1.29, 1.82) is 0 Å². The molecule has 8 nitrogen and oxygen atoms in total. The fourth-order valence-corrected chi connectivity index (χ4v) is 3.66. The first-order valence-corrected chi connectivity index (χ1v) is 10.4. The number of carbonyl (C=O) groups is 4. The molecule has 1 aliphatic heterocycles. The van der Waals surface area contributed by atoms with Crippen LogP contribution in [-0.2, 0) is 14.4 Å². The number of aliphatic carboxylic acids is 1. The number of benzene rings is 2. The zero-order valence-corrected chi connectivity index (χ0v) is 21.9. The molecule has 1 heterocycles. The van der Waals surface area contributed by atoms with Gasteiger partial charge >= 0.3 is 35.6 Å². The van der Waals surface area contributed by atoms with Crippen LogP contribution in [0.3, 0.4) is 0 Å². The van der Waals surface area contributed by atoms with Gasteiger partial charge in [-0.2, -0.15) is 0 Å². The van der Waals surface area contributed by atoms with Gasteiger partial charge in [0.05, 0.1) is 10.7 Å². The van der Waals surface area contributed by atoms with Gasteiger partial charge in [-0.05, 0) is 30.7 Å². The average Bonchev–Trinajstić information content (AvgIpc) is 2.77. The predicted octanol–water partition coefficient (Wildman–Crippen LogP) is -0.741. The number of anilines is 1. The third-order valence-electron chi connectivity index (χ3n) is 5.16. The summed E-state index contributed by atoms with van der Waals surface area (Å²) < 4.78 is 29.3. The van der Waals surface area contributed by atoms with Crippen molar-refractivity contribution in [3.63, 3.8) is 0 Å². The van der Waals surface area contributed by atoms with Crippen LogP contribution in [0, 0.1) is 11.6 Å². The van der Waals surface area contributed by atoms with E-state index in [9.17, 15) is 28.7 Å². The summed E-state index contributed by atoms with van der Waals surface area (Å²) in [5.74, 6) is -4.64. The molecule has 0 fully saturated rings. The van der Waals surface area contributed by atoms with E-state index in [4.69, 9.17) is 11.6 Å². The Morgan fingerprint density at radius 1 is 1.20 bits per heavy atom. The molecule has 0 aromatic heterocycles. The van der Waals surface area contributed by atoms with E-state index in [0.29, 0.717) is 4.90 Å². The van der Waals surface area contributed by atoms with Gasteiger partial charge in [0.15, 0.2) is 17.6 Å². The van der Waals surface area contributed by atoms with E-state index >= 15 is 4.39 Å². The molecule has 12 heteroatoms. The van der Waals surface area contributed by atoms with Crippen molar-refractivity contribution in [1.82, 2.24) is 10.2 Å². The quantitative estimate of drug-likeness (QED) is 0.404. The summed E-state index contributed by atoms with van der Waals surface area (Å²) in [5.41, 5.74) is -0.138. The van der Waals surface area contributed by atoms with Crippen LogP contribution < -0.4 is 44.9 Å². The van der Waals surface area contributed by atoms with Crippen molar-refractivity contribution >= 4 is 41.0 Å². The number of halogens is 3. The minimum absolute atomic E-state index is 0. The first-order chi connectivity index (χ1) is 16.0. The van der Waals surface area contributed by atoms with Gasteiger partial charge in [-0.25, -0.2) is 13.6 Å². The second-order valence-corrected chi connectivity index (χ2v) is 7.93. The Hall–Kier alpha value is -2.79. The number of ketones is 1. The zero-order chi connectivity index (χ0) is 25.2. The molecule has 178 valence electrons. The molecule has 2 aromatic rings. The molecule has 3 amide bonds. The minimum Gasteiger partial charge on any atom is -0.550 e. The van der Waals surface area contributed by atoms with Gasteiger partial charge in [0.2, 0.25) is 0 Å². The molecule has 3 rings (SSSR count). The largest absolute Gasteiger partial charge is 1.00 e. The maximum atomic E-state index is 15.7. The minimum atomic E-state index is -1.74. The number of nitrogens with zero attached hydrogens (tertiary/aromatic N) is 2. The molecule has 0 radical (unpaired) electrons. The van der Waals surface area contributed by atoms with E-state index < -0.39 is 53.5 Å². The molecule has 1 atom stereocenters. The molecule has 35 heavy (non-hydrogen) atoms. The smallest absolute Gasteiger partial charge is 0.550 e. The van der Waals surface area contributed by atoms with Gasteiger partial charge in [-0.1, -0.05) is 29.8 Å². The Morgan fingerprint density at radius 3 is 2.51 bits per heavy atom. The van der Waals surface area contributed by atoms with E-state index in [1.165, 1.54) is 50.5 Å². The fraction of sp³-hybridized carbons (Fsp3) is 0.217. The molecule has 1 N–H and O–H groups in total. The van der Waals surface area contributed by atoms with Crippen LogP contribution in [0.5, 0.6) is 0 Å². The second-order valence-electron chi connectivity index (χ2n) is 7.52. The Labute approximate surface area is 226 Å². The SMILES string of the molecule is CC1=CN(C)C(=O)C(N(C(=O)NCCC(=O)[O-])c2cccc(-c3ccc(F)c(Cl)c3)c2F)C1=O.[Na+]. The number of carbonyl (C=O) groups excluding carboxylic acids is 4. The number of hydrogen-bond donors (Lipinski definition) is 1. The molecular weight excluding hydrogens is 495 g/mol. The standard InChI is InChI=1S/C23H20ClF2N3O5.Na/c1-12-11-28(2)22(33)20(21(12)32)29(23(34)27-9-8-18(30)31)17-5-3-4-14(19(17)26)13-6-7-16(25)15(24)10-13;/h3-7,10-11,20H,8-9H2,1-2H3,(H,27,34)(H,30,31);/q;+1/p-1. The average molecular weight is 514 g/mol. The van der Waals surface area contributed by atoms with Crippen LogP contribution in [0.15, 0.2) is 48.2 Å². The Balaban J connectivity index is 0.00000432. The van der Waals surface area contributed by atoms with Crippen LogP contribution in [0.1, 0.15) is 13.3 Å². The van der Waals surface area contributed by atoms with Gasteiger partial charge in [-0.15, -0.1) is 0 Å². The molecule has 0 spiro atoms. The monoisotopic (exact) mass is 513 g/mol. The van der Waals surface area contributed by atoms with Crippen LogP contribution in [0.25, 0.3) is 11.1 Å².